The third-order valence-electron chi connectivity index (χ3n) is 8.62. The zero-order valence-electron chi connectivity index (χ0n) is 31.8. The molecular formula is C46H36N5O6P3. The van der Waals surface area contributed by atoms with E-state index < -0.39 is 23.0 Å². The van der Waals surface area contributed by atoms with Gasteiger partial charge in [0.1, 0.15) is 34.5 Å². The van der Waals surface area contributed by atoms with Crippen LogP contribution in [-0.4, -0.2) is 9.97 Å². The van der Waals surface area contributed by atoms with Gasteiger partial charge < -0.3 is 27.1 Å². The minimum atomic E-state index is -4.02. The molecule has 2 aromatic heterocycles. The van der Waals surface area contributed by atoms with Gasteiger partial charge in [0.25, 0.3) is 0 Å². The largest absolute Gasteiger partial charge is 0.460 e. The molecule has 0 saturated carbocycles. The maximum Gasteiger partial charge on any atom is 0.460 e. The fourth-order valence-corrected chi connectivity index (χ4v) is 15.0. The summed E-state index contributed by atoms with van der Waals surface area (Å²) in [5, 5.41) is 0. The minimum absolute atomic E-state index is 0.409. The Hall–Kier alpha value is -6.89. The molecule has 0 N–H and O–H groups in total. The lowest BCUT2D eigenvalue weighted by Gasteiger charge is -2.33. The Morgan fingerprint density at radius 3 is 0.950 bits per heavy atom. The summed E-state index contributed by atoms with van der Waals surface area (Å²) in [7, 11) is -12.0. The predicted molar refractivity (Wildman–Crippen MR) is 237 cm³/mol. The van der Waals surface area contributed by atoms with Crippen LogP contribution in [0.5, 0.6) is 34.5 Å². The molecule has 6 aromatic carbocycles. The SMILES string of the molecule is c1ccc(OP2(Oc3ccccc3)=NP(Oc3ccccc3)(Oc3ccccc3)=NP(Oc3ccccc3)(Oc3ccc(-c4ccnc(-c5ccccn5)c4)cc3)=N2)cc1. The highest BCUT2D eigenvalue weighted by atomic mass is 31.3. The second kappa shape index (κ2) is 17.5. The number of para-hydroxylation sites is 5. The number of hydrogen-bond acceptors (Lipinski definition) is 11. The van der Waals surface area contributed by atoms with Gasteiger partial charge in [0.05, 0.1) is 11.4 Å². The second-order valence-electron chi connectivity index (χ2n) is 13.0. The average molecular weight is 848 g/mol. The monoisotopic (exact) mass is 847 g/mol. The summed E-state index contributed by atoms with van der Waals surface area (Å²) in [6, 6.07) is 63.4. The summed E-state index contributed by atoms with van der Waals surface area (Å²) < 4.78 is 57.1. The molecule has 1 atom stereocenters. The number of nitrogens with zero attached hydrogens (tertiary/aromatic N) is 5. The summed E-state index contributed by atoms with van der Waals surface area (Å²) in [6.45, 7) is 0. The van der Waals surface area contributed by atoms with E-state index in [1.165, 1.54) is 0 Å². The molecule has 0 aliphatic carbocycles. The van der Waals surface area contributed by atoms with Crippen LogP contribution in [0.3, 0.4) is 0 Å². The zero-order valence-corrected chi connectivity index (χ0v) is 34.5. The van der Waals surface area contributed by atoms with E-state index in [0.29, 0.717) is 34.5 Å². The van der Waals surface area contributed by atoms with Crippen LogP contribution >= 0.6 is 23.0 Å². The van der Waals surface area contributed by atoms with E-state index >= 15 is 0 Å². The molecule has 8 aromatic rings. The Bertz CT molecular complexity index is 2670. The van der Waals surface area contributed by atoms with Crippen molar-refractivity contribution in [3.63, 3.8) is 0 Å². The molecule has 1 aliphatic heterocycles. The normalized spacial score (nSPS) is 16.1. The molecule has 0 fully saturated rings. The zero-order chi connectivity index (χ0) is 40.5. The van der Waals surface area contributed by atoms with Crippen LogP contribution in [0.25, 0.3) is 22.5 Å². The van der Waals surface area contributed by atoms with Crippen LogP contribution in [-0.2, 0) is 0 Å². The van der Waals surface area contributed by atoms with Crippen LogP contribution in [0.4, 0.5) is 0 Å². The van der Waals surface area contributed by atoms with E-state index in [1.807, 2.05) is 146 Å². The molecule has 9 rings (SSSR count). The molecule has 1 unspecified atom stereocenters. The molecule has 0 bridgehead atoms. The number of hydrogen-bond donors (Lipinski definition) is 0. The smallest absolute Gasteiger partial charge is 0.413 e. The lowest BCUT2D eigenvalue weighted by atomic mass is 10.1. The van der Waals surface area contributed by atoms with E-state index in [2.05, 4.69) is 9.97 Å². The molecule has 14 heteroatoms. The number of rotatable bonds is 14. The number of benzene rings is 6. The first-order chi connectivity index (χ1) is 29.5. The summed E-state index contributed by atoms with van der Waals surface area (Å²) in [6.07, 6.45) is 3.52. The summed E-state index contributed by atoms with van der Waals surface area (Å²) in [5.41, 5.74) is 3.41. The van der Waals surface area contributed by atoms with Gasteiger partial charge in [-0.2, -0.15) is 0 Å². The molecule has 0 radical (unpaired) electrons. The molecule has 60 heavy (non-hydrogen) atoms. The van der Waals surface area contributed by atoms with Crippen LogP contribution in [0.2, 0.25) is 0 Å². The third-order valence-corrected chi connectivity index (χ3v) is 16.7. The first-order valence-electron chi connectivity index (χ1n) is 18.8. The van der Waals surface area contributed by atoms with E-state index in [-0.39, 0.29) is 0 Å². The summed E-state index contributed by atoms with van der Waals surface area (Å²) in [5.74, 6) is 2.62. The van der Waals surface area contributed by atoms with Gasteiger partial charge in [-0.1, -0.05) is 123 Å². The Labute approximate surface area is 348 Å². The van der Waals surface area contributed by atoms with Gasteiger partial charge in [0, 0.05) is 12.4 Å². The van der Waals surface area contributed by atoms with Gasteiger partial charge >= 0.3 is 23.0 Å². The maximum absolute atomic E-state index is 7.00. The van der Waals surface area contributed by atoms with Crippen LogP contribution in [0.1, 0.15) is 0 Å². The fraction of sp³-hybridized carbons (Fsp3) is 0. The van der Waals surface area contributed by atoms with Crippen molar-refractivity contribution in [2.45, 2.75) is 0 Å². The molecule has 11 nitrogen and oxygen atoms in total. The second-order valence-corrected chi connectivity index (χ2v) is 19.2. The van der Waals surface area contributed by atoms with Crippen molar-refractivity contribution in [1.82, 2.24) is 9.97 Å². The van der Waals surface area contributed by atoms with Crippen LogP contribution in [0, 0.1) is 0 Å². The average Bonchev–Trinajstić information content (AvgIpc) is 3.28. The van der Waals surface area contributed by atoms with Gasteiger partial charge in [-0.25, -0.2) is 0 Å². The molecule has 0 saturated heterocycles. The van der Waals surface area contributed by atoms with Crippen molar-refractivity contribution in [3.8, 4) is 57.0 Å². The van der Waals surface area contributed by atoms with Crippen LogP contribution < -0.4 is 27.1 Å². The van der Waals surface area contributed by atoms with E-state index in [4.69, 9.17) is 40.7 Å². The van der Waals surface area contributed by atoms with Crippen LogP contribution in [0.15, 0.2) is 232 Å². The minimum Gasteiger partial charge on any atom is -0.413 e. The maximum atomic E-state index is 7.00. The summed E-state index contributed by atoms with van der Waals surface area (Å²) in [4.78, 5) is 9.03. The van der Waals surface area contributed by atoms with Gasteiger partial charge in [0.15, 0.2) is 0 Å². The lowest BCUT2D eigenvalue weighted by Crippen LogP contribution is -2.11. The van der Waals surface area contributed by atoms with E-state index in [1.54, 1.807) is 73.1 Å². The molecular weight excluding hydrogens is 811 g/mol. The molecule has 0 amide bonds. The first-order valence-corrected chi connectivity index (χ1v) is 23.4. The van der Waals surface area contributed by atoms with Gasteiger partial charge in [-0.05, 0) is 108 Å². The quantitative estimate of drug-likeness (QED) is 0.0993. The van der Waals surface area contributed by atoms with Crippen molar-refractivity contribution >= 4 is 23.0 Å². The topological polar surface area (TPSA) is 118 Å². The van der Waals surface area contributed by atoms with Crippen molar-refractivity contribution < 1.29 is 27.1 Å². The first kappa shape index (κ1) is 38.6. The highest BCUT2D eigenvalue weighted by molar-refractivity contribution is 7.79. The standard InChI is InChI=1S/C46H36N5O6P3/c1-6-18-39(19-7-1)52-58(53-40-20-8-2-9-21-40)49-59(54-41-22-10-3-11-23-41,55-42-24-12-4-13-25-42)51-60(50-58,56-43-26-14-5-15-27-43)57-44-31-29-37(30-32-44)38-33-35-48-46(36-38)45-28-16-17-34-47-45/h1-36H. The molecule has 3 heterocycles. The Balaban J connectivity index is 1.25. The highest BCUT2D eigenvalue weighted by Gasteiger charge is 2.49. The molecule has 1 aliphatic rings. The van der Waals surface area contributed by atoms with Crippen molar-refractivity contribution in [2.75, 3.05) is 0 Å². The highest BCUT2D eigenvalue weighted by Crippen LogP contribution is 2.78. The van der Waals surface area contributed by atoms with Gasteiger partial charge in [-0.15, -0.1) is 0 Å². The van der Waals surface area contributed by atoms with E-state index in [9.17, 15) is 0 Å². The molecule has 296 valence electrons. The summed E-state index contributed by atoms with van der Waals surface area (Å²) >= 11 is 0. The Morgan fingerprint density at radius 1 is 0.267 bits per heavy atom. The number of pyridine rings is 2. The number of aromatic nitrogens is 2. The Kier molecular flexibility index (Phi) is 11.3. The van der Waals surface area contributed by atoms with Crippen molar-refractivity contribution in [2.24, 2.45) is 13.5 Å². The predicted octanol–water partition coefficient (Wildman–Crippen LogP) is 14.4. The fourth-order valence-electron chi connectivity index (χ4n) is 5.96. The molecule has 0 spiro atoms. The van der Waals surface area contributed by atoms with Gasteiger partial charge in [-0.3, -0.25) is 9.97 Å². The Morgan fingerprint density at radius 2 is 0.600 bits per heavy atom. The van der Waals surface area contributed by atoms with Gasteiger partial charge in [0.2, 0.25) is 0 Å². The third kappa shape index (κ3) is 9.36. The van der Waals surface area contributed by atoms with Crippen molar-refractivity contribution in [3.05, 3.63) is 219 Å². The van der Waals surface area contributed by atoms with E-state index in [0.717, 1.165) is 22.5 Å². The lowest BCUT2D eigenvalue weighted by molar-refractivity contribution is 0.443. The van der Waals surface area contributed by atoms with Crippen molar-refractivity contribution in [1.29, 1.82) is 0 Å².